The van der Waals surface area contributed by atoms with Gasteiger partial charge in [-0.25, -0.2) is 9.97 Å². The number of unbranched alkanes of at least 4 members (excludes halogenated alkanes) is 2. The van der Waals surface area contributed by atoms with Crippen molar-refractivity contribution >= 4 is 22.9 Å². The first-order chi connectivity index (χ1) is 16.2. The molecule has 0 unspecified atom stereocenters. The van der Waals surface area contributed by atoms with Gasteiger partial charge in [-0.15, -0.1) is 0 Å². The molecule has 0 saturated heterocycles. The van der Waals surface area contributed by atoms with Gasteiger partial charge in [0.05, 0.1) is 19.6 Å². The number of fused-ring (bicyclic) bond motifs is 1. The van der Waals surface area contributed by atoms with Gasteiger partial charge in [0.2, 0.25) is 5.71 Å². The summed E-state index contributed by atoms with van der Waals surface area (Å²) >= 11 is 0. The molecule has 0 fully saturated rings. The van der Waals surface area contributed by atoms with E-state index >= 15 is 0 Å². The van der Waals surface area contributed by atoms with Crippen molar-refractivity contribution in [3.05, 3.63) is 60.9 Å². The van der Waals surface area contributed by atoms with Crippen molar-refractivity contribution in [2.24, 2.45) is 0 Å². The number of aromatic nitrogens is 2. The first kappa shape index (κ1) is 22.3. The first-order valence-corrected chi connectivity index (χ1v) is 11.0. The molecule has 0 saturated carbocycles. The van der Waals surface area contributed by atoms with Gasteiger partial charge in [-0.05, 0) is 30.5 Å². The molecule has 7 nitrogen and oxygen atoms in total. The second-order valence-electron chi connectivity index (χ2n) is 7.62. The lowest BCUT2D eigenvalue weighted by Crippen LogP contribution is -2.05. The van der Waals surface area contributed by atoms with E-state index in [9.17, 15) is 4.79 Å². The van der Waals surface area contributed by atoms with Crippen LogP contribution in [-0.2, 0) is 9.53 Å². The molecule has 4 rings (SSSR count). The Kier molecular flexibility index (Phi) is 7.19. The van der Waals surface area contributed by atoms with Crippen molar-refractivity contribution in [1.82, 2.24) is 9.97 Å². The summed E-state index contributed by atoms with van der Waals surface area (Å²) in [5, 5.41) is 4.28. The van der Waals surface area contributed by atoms with E-state index in [0.29, 0.717) is 12.1 Å². The molecule has 0 radical (unpaired) electrons. The largest absolute Gasteiger partial charge is 0.497 e. The average Bonchev–Trinajstić information content (AvgIpc) is 3.27. The normalized spacial score (nSPS) is 10.8. The van der Waals surface area contributed by atoms with Gasteiger partial charge in [-0.3, -0.25) is 4.79 Å². The van der Waals surface area contributed by atoms with Crippen molar-refractivity contribution in [2.75, 3.05) is 26.1 Å². The molecule has 0 amide bonds. The zero-order chi connectivity index (χ0) is 23.0. The summed E-state index contributed by atoms with van der Waals surface area (Å²) in [5.74, 6) is 2.09. The van der Waals surface area contributed by atoms with Gasteiger partial charge in [-0.1, -0.05) is 48.9 Å². The van der Waals surface area contributed by atoms with Gasteiger partial charge in [-0.2, -0.15) is 0 Å². The molecule has 33 heavy (non-hydrogen) atoms. The van der Waals surface area contributed by atoms with Crippen molar-refractivity contribution in [3.8, 4) is 28.2 Å². The van der Waals surface area contributed by atoms with Crippen LogP contribution in [0.15, 0.2) is 65.3 Å². The second kappa shape index (κ2) is 10.6. The second-order valence-corrected chi connectivity index (χ2v) is 7.62. The number of carbonyl (C=O) groups is 1. The van der Waals surface area contributed by atoms with Gasteiger partial charge in [0.15, 0.2) is 0 Å². The standard InChI is InChI=1S/C26H27N3O4/c1-31-20-14-12-18(13-15-20)22-23-25(27-16-8-4-7-11-21(30)32-2)28-17-29-26(23)33-24(22)19-9-5-3-6-10-19/h3,5-6,9-10,12-15,17H,4,7-8,11,16H2,1-2H3,(H,27,28,29). The van der Waals surface area contributed by atoms with Crippen LogP contribution in [0.4, 0.5) is 5.82 Å². The molecule has 0 aliphatic rings. The summed E-state index contributed by atoms with van der Waals surface area (Å²) in [6.07, 6.45) is 4.58. The summed E-state index contributed by atoms with van der Waals surface area (Å²) in [6.45, 7) is 0.723. The maximum Gasteiger partial charge on any atom is 0.305 e. The molecular formula is C26H27N3O4. The van der Waals surface area contributed by atoms with Crippen molar-refractivity contribution in [3.63, 3.8) is 0 Å². The molecule has 2 heterocycles. The summed E-state index contributed by atoms with van der Waals surface area (Å²) in [7, 11) is 3.07. The van der Waals surface area contributed by atoms with E-state index in [1.165, 1.54) is 13.4 Å². The van der Waals surface area contributed by atoms with Gasteiger partial charge >= 0.3 is 5.97 Å². The van der Waals surface area contributed by atoms with Crippen LogP contribution in [0.25, 0.3) is 33.6 Å². The third-order valence-electron chi connectivity index (χ3n) is 5.48. The first-order valence-electron chi connectivity index (χ1n) is 11.0. The molecular weight excluding hydrogens is 418 g/mol. The fraction of sp³-hybridized carbons (Fsp3) is 0.269. The lowest BCUT2D eigenvalue weighted by molar-refractivity contribution is -0.140. The van der Waals surface area contributed by atoms with Crippen LogP contribution in [0.2, 0.25) is 0 Å². The van der Waals surface area contributed by atoms with E-state index in [2.05, 4.69) is 15.3 Å². The van der Waals surface area contributed by atoms with E-state index in [1.807, 2.05) is 54.6 Å². The highest BCUT2D eigenvalue weighted by Crippen LogP contribution is 2.42. The third-order valence-corrected chi connectivity index (χ3v) is 5.48. The number of furan rings is 1. The summed E-state index contributed by atoms with van der Waals surface area (Å²) in [4.78, 5) is 20.2. The highest BCUT2D eigenvalue weighted by atomic mass is 16.5. The highest BCUT2D eigenvalue weighted by molar-refractivity contribution is 6.05. The summed E-state index contributed by atoms with van der Waals surface area (Å²) in [6, 6.07) is 17.9. The number of nitrogens with one attached hydrogen (secondary N) is 1. The van der Waals surface area contributed by atoms with Gasteiger partial charge < -0.3 is 19.2 Å². The van der Waals surface area contributed by atoms with Crippen molar-refractivity contribution < 1.29 is 18.7 Å². The Morgan fingerprint density at radius 1 is 0.939 bits per heavy atom. The molecule has 0 aliphatic carbocycles. The molecule has 1 N–H and O–H groups in total. The number of nitrogens with zero attached hydrogens (tertiary/aromatic N) is 2. The molecule has 0 spiro atoms. The predicted molar refractivity (Wildman–Crippen MR) is 128 cm³/mol. The quantitative estimate of drug-likeness (QED) is 0.247. The van der Waals surface area contributed by atoms with Gasteiger partial charge in [0, 0.05) is 24.1 Å². The van der Waals surface area contributed by atoms with E-state index < -0.39 is 0 Å². The number of carbonyl (C=O) groups excluding carboxylic acids is 1. The minimum atomic E-state index is -0.170. The SMILES string of the molecule is COC(=O)CCCCCNc1ncnc2oc(-c3ccccc3)c(-c3ccc(OC)cc3)c12. The molecule has 7 heteroatoms. The number of rotatable bonds is 10. The Balaban J connectivity index is 1.66. The summed E-state index contributed by atoms with van der Waals surface area (Å²) < 4.78 is 16.3. The van der Waals surface area contributed by atoms with Crippen molar-refractivity contribution in [1.29, 1.82) is 0 Å². The number of methoxy groups -OCH3 is 2. The maximum absolute atomic E-state index is 11.3. The fourth-order valence-electron chi connectivity index (χ4n) is 3.77. The Labute approximate surface area is 192 Å². The molecule has 2 aromatic carbocycles. The van der Waals surface area contributed by atoms with Crippen LogP contribution in [0.3, 0.4) is 0 Å². The number of hydrogen-bond donors (Lipinski definition) is 1. The smallest absolute Gasteiger partial charge is 0.305 e. The average molecular weight is 446 g/mol. The molecule has 0 atom stereocenters. The monoisotopic (exact) mass is 445 g/mol. The van der Waals surface area contributed by atoms with Gasteiger partial charge in [0.1, 0.15) is 23.7 Å². The Bertz CT molecular complexity index is 1200. The lowest BCUT2D eigenvalue weighted by Gasteiger charge is -2.09. The van der Waals surface area contributed by atoms with Crippen LogP contribution >= 0.6 is 0 Å². The molecule has 170 valence electrons. The predicted octanol–water partition coefficient (Wildman–Crippen LogP) is 5.71. The minimum Gasteiger partial charge on any atom is -0.497 e. The number of benzene rings is 2. The number of ether oxygens (including phenoxy) is 2. The Morgan fingerprint density at radius 3 is 2.45 bits per heavy atom. The Morgan fingerprint density at radius 2 is 1.73 bits per heavy atom. The molecule has 2 aromatic heterocycles. The van der Waals surface area contributed by atoms with Crippen LogP contribution < -0.4 is 10.1 Å². The van der Waals surface area contributed by atoms with E-state index in [1.54, 1.807) is 7.11 Å². The number of hydrogen-bond acceptors (Lipinski definition) is 7. The Hall–Kier alpha value is -3.87. The molecule has 0 aliphatic heterocycles. The van der Waals surface area contributed by atoms with E-state index in [0.717, 1.165) is 65.2 Å². The third kappa shape index (κ3) is 5.14. The van der Waals surface area contributed by atoms with Crippen LogP contribution in [0, 0.1) is 0 Å². The molecule has 4 aromatic rings. The zero-order valence-corrected chi connectivity index (χ0v) is 18.8. The minimum absolute atomic E-state index is 0.170. The van der Waals surface area contributed by atoms with Crippen molar-refractivity contribution in [2.45, 2.75) is 25.7 Å². The van der Waals surface area contributed by atoms with Crippen LogP contribution in [-0.4, -0.2) is 36.7 Å². The topological polar surface area (TPSA) is 86.5 Å². The highest BCUT2D eigenvalue weighted by Gasteiger charge is 2.22. The lowest BCUT2D eigenvalue weighted by atomic mass is 9.99. The van der Waals surface area contributed by atoms with Crippen LogP contribution in [0.5, 0.6) is 5.75 Å². The van der Waals surface area contributed by atoms with E-state index in [-0.39, 0.29) is 5.97 Å². The zero-order valence-electron chi connectivity index (χ0n) is 18.8. The van der Waals surface area contributed by atoms with Crippen LogP contribution in [0.1, 0.15) is 25.7 Å². The number of esters is 1. The summed E-state index contributed by atoms with van der Waals surface area (Å²) in [5.41, 5.74) is 3.43. The maximum atomic E-state index is 11.3. The molecule has 0 bridgehead atoms. The van der Waals surface area contributed by atoms with Gasteiger partial charge in [0.25, 0.3) is 0 Å². The number of anilines is 1. The fourth-order valence-corrected chi connectivity index (χ4v) is 3.77. The van der Waals surface area contributed by atoms with E-state index in [4.69, 9.17) is 13.9 Å².